The molecule has 148 valence electrons. The molecule has 25 heavy (non-hydrogen) atoms. The fraction of sp³-hybridized carbons (Fsp3) is 0.765. The molecule has 0 fully saturated rings. The monoisotopic (exact) mass is 362 g/mol. The van der Waals surface area contributed by atoms with Crippen molar-refractivity contribution in [3.63, 3.8) is 0 Å². The Bertz CT molecular complexity index is 359. The second kappa shape index (κ2) is 24.0. The molecule has 8 nitrogen and oxygen atoms in total. The number of amides is 1. The van der Waals surface area contributed by atoms with Gasteiger partial charge in [-0.05, 0) is 27.2 Å². The van der Waals surface area contributed by atoms with Crippen LogP contribution >= 0.6 is 0 Å². The third-order valence-corrected chi connectivity index (χ3v) is 1.71. The average molecular weight is 362 g/mol. The molecule has 1 amide bonds. The van der Waals surface area contributed by atoms with Crippen LogP contribution in [0.1, 0.15) is 60.8 Å². The van der Waals surface area contributed by atoms with E-state index in [0.717, 1.165) is 0 Å². The van der Waals surface area contributed by atoms with Crippen LogP contribution < -0.4 is 5.32 Å². The fourth-order valence-electron chi connectivity index (χ4n) is 0.839. The van der Waals surface area contributed by atoms with Crippen LogP contribution in [-0.2, 0) is 23.8 Å². The molecular weight excluding hydrogens is 328 g/mol. The predicted molar refractivity (Wildman–Crippen MR) is 95.8 cm³/mol. The molecule has 0 aliphatic heterocycles. The minimum atomic E-state index is -0.494. The SMILES string of the molecule is CC.CCC#N.COC(=O)CCCNC(=O)OC(C)(C)C.COC=O. The van der Waals surface area contributed by atoms with Gasteiger partial charge in [-0.3, -0.25) is 9.59 Å². The number of methoxy groups -OCH3 is 2. The van der Waals surface area contributed by atoms with Crippen LogP contribution in [0.15, 0.2) is 0 Å². The zero-order chi connectivity index (χ0) is 20.7. The number of nitrogens with zero attached hydrogens (tertiary/aromatic N) is 1. The molecule has 0 aromatic heterocycles. The maximum atomic E-state index is 11.1. The molecule has 0 aliphatic carbocycles. The average Bonchev–Trinajstić information content (AvgIpc) is 2.59. The molecule has 0 radical (unpaired) electrons. The first-order valence-corrected chi connectivity index (χ1v) is 8.05. The minimum absolute atomic E-state index is 0.277. The number of hydrogen-bond donors (Lipinski definition) is 1. The van der Waals surface area contributed by atoms with Gasteiger partial charge < -0.3 is 19.5 Å². The molecule has 8 heteroatoms. The number of nitriles is 1. The predicted octanol–water partition coefficient (Wildman–Crippen LogP) is 3.20. The summed E-state index contributed by atoms with van der Waals surface area (Å²) in [5, 5.41) is 10.2. The van der Waals surface area contributed by atoms with E-state index in [1.807, 2.05) is 26.8 Å². The highest BCUT2D eigenvalue weighted by Gasteiger charge is 2.15. The summed E-state index contributed by atoms with van der Waals surface area (Å²) in [6.45, 7) is 12.0. The van der Waals surface area contributed by atoms with E-state index in [1.54, 1.807) is 20.8 Å². The first-order chi connectivity index (χ1) is 11.7. The number of hydrogen-bond acceptors (Lipinski definition) is 7. The number of alkyl carbamates (subject to hydrolysis) is 1. The highest BCUT2D eigenvalue weighted by molar-refractivity contribution is 5.69. The Kier molecular flexibility index (Phi) is 29.3. The third-order valence-electron chi connectivity index (χ3n) is 1.71. The normalized spacial score (nSPS) is 8.28. The van der Waals surface area contributed by atoms with Crippen molar-refractivity contribution in [1.29, 1.82) is 5.26 Å². The summed E-state index contributed by atoms with van der Waals surface area (Å²) in [6.07, 6.45) is 1.01. The van der Waals surface area contributed by atoms with Gasteiger partial charge >= 0.3 is 12.1 Å². The summed E-state index contributed by atoms with van der Waals surface area (Å²) in [5.41, 5.74) is -0.494. The van der Waals surface area contributed by atoms with Crippen LogP contribution in [0.4, 0.5) is 4.79 Å². The summed E-state index contributed by atoms with van der Waals surface area (Å²) in [7, 11) is 2.65. The van der Waals surface area contributed by atoms with Crippen molar-refractivity contribution in [3.8, 4) is 6.07 Å². The van der Waals surface area contributed by atoms with Crippen molar-refractivity contribution in [1.82, 2.24) is 5.32 Å². The number of rotatable bonds is 5. The van der Waals surface area contributed by atoms with Crippen molar-refractivity contribution in [3.05, 3.63) is 0 Å². The molecule has 0 unspecified atom stereocenters. The van der Waals surface area contributed by atoms with Crippen LogP contribution in [0.5, 0.6) is 0 Å². The molecular formula is C17H34N2O6. The fourth-order valence-corrected chi connectivity index (χ4v) is 0.839. The molecule has 0 atom stereocenters. The highest BCUT2D eigenvalue weighted by atomic mass is 16.6. The molecule has 0 heterocycles. The highest BCUT2D eigenvalue weighted by Crippen LogP contribution is 2.06. The molecule has 1 N–H and O–H groups in total. The smallest absolute Gasteiger partial charge is 0.407 e. The first-order valence-electron chi connectivity index (χ1n) is 8.05. The maximum Gasteiger partial charge on any atom is 0.407 e. The van der Waals surface area contributed by atoms with E-state index in [9.17, 15) is 9.59 Å². The minimum Gasteiger partial charge on any atom is -0.471 e. The van der Waals surface area contributed by atoms with Crippen molar-refractivity contribution in [2.45, 2.75) is 66.4 Å². The lowest BCUT2D eigenvalue weighted by molar-refractivity contribution is -0.140. The quantitative estimate of drug-likeness (QED) is 0.345. The van der Waals surface area contributed by atoms with E-state index < -0.39 is 11.7 Å². The number of ether oxygens (including phenoxy) is 3. The Hall–Kier alpha value is -2.30. The van der Waals surface area contributed by atoms with E-state index in [-0.39, 0.29) is 5.97 Å². The van der Waals surface area contributed by atoms with Crippen molar-refractivity contribution >= 4 is 18.5 Å². The number of esters is 1. The maximum absolute atomic E-state index is 11.1. The molecule has 0 rings (SSSR count). The van der Waals surface area contributed by atoms with E-state index >= 15 is 0 Å². The largest absolute Gasteiger partial charge is 0.471 e. The summed E-state index contributed by atoms with van der Waals surface area (Å²) >= 11 is 0. The van der Waals surface area contributed by atoms with Crippen LogP contribution in [0.25, 0.3) is 0 Å². The second-order valence-corrected chi connectivity index (χ2v) is 4.95. The van der Waals surface area contributed by atoms with Gasteiger partial charge in [-0.15, -0.1) is 0 Å². The van der Waals surface area contributed by atoms with Crippen molar-refractivity contribution in [2.75, 3.05) is 20.8 Å². The standard InChI is InChI=1S/C10H19NO4.C3H5N.C2H4O2.C2H6/c1-10(2,3)15-9(13)11-7-5-6-8(12)14-4;1-2-3-4;1-4-2-3;1-2/h5-7H2,1-4H3,(H,11,13);2H2,1H3;2H,1H3;1-2H3. The van der Waals surface area contributed by atoms with Gasteiger partial charge in [0.25, 0.3) is 6.47 Å². The van der Waals surface area contributed by atoms with Gasteiger partial charge in [0.1, 0.15) is 5.60 Å². The molecule has 0 aromatic carbocycles. The number of nitrogens with one attached hydrogen (secondary N) is 1. The number of carbonyl (C=O) groups excluding carboxylic acids is 3. The van der Waals surface area contributed by atoms with Gasteiger partial charge in [0.05, 0.1) is 20.3 Å². The summed E-state index contributed by atoms with van der Waals surface area (Å²) in [5.74, 6) is -0.277. The Morgan fingerprint density at radius 1 is 1.20 bits per heavy atom. The van der Waals surface area contributed by atoms with Crippen LogP contribution in [-0.4, -0.2) is 44.9 Å². The van der Waals surface area contributed by atoms with Gasteiger partial charge in [-0.2, -0.15) is 5.26 Å². The van der Waals surface area contributed by atoms with Gasteiger partial charge in [0.2, 0.25) is 0 Å². The Balaban J connectivity index is -0.000000182. The van der Waals surface area contributed by atoms with Gasteiger partial charge in [0, 0.05) is 19.4 Å². The third kappa shape index (κ3) is 44.9. The van der Waals surface area contributed by atoms with Crippen molar-refractivity contribution < 1.29 is 28.6 Å². The van der Waals surface area contributed by atoms with Crippen LogP contribution in [0.2, 0.25) is 0 Å². The lowest BCUT2D eigenvalue weighted by atomic mass is 10.2. The molecule has 0 saturated heterocycles. The number of carbonyl (C=O) groups is 3. The van der Waals surface area contributed by atoms with Gasteiger partial charge in [0.15, 0.2) is 0 Å². The molecule has 0 bridgehead atoms. The van der Waals surface area contributed by atoms with E-state index in [2.05, 4.69) is 14.8 Å². The molecule has 0 saturated carbocycles. The topological polar surface area (TPSA) is 115 Å². The second-order valence-electron chi connectivity index (χ2n) is 4.95. The molecule has 0 aromatic rings. The molecule has 0 spiro atoms. The van der Waals surface area contributed by atoms with Gasteiger partial charge in [-0.25, -0.2) is 4.79 Å². The van der Waals surface area contributed by atoms with E-state index in [1.165, 1.54) is 14.2 Å². The van der Waals surface area contributed by atoms with Gasteiger partial charge in [-0.1, -0.05) is 20.8 Å². The van der Waals surface area contributed by atoms with E-state index in [0.29, 0.717) is 32.3 Å². The Morgan fingerprint density at radius 3 is 1.92 bits per heavy atom. The summed E-state index contributed by atoms with van der Waals surface area (Å²) in [6, 6.07) is 1.93. The van der Waals surface area contributed by atoms with Crippen LogP contribution in [0, 0.1) is 11.3 Å². The lowest BCUT2D eigenvalue weighted by Gasteiger charge is -2.19. The summed E-state index contributed by atoms with van der Waals surface area (Å²) in [4.78, 5) is 30.8. The zero-order valence-electron chi connectivity index (χ0n) is 16.8. The summed E-state index contributed by atoms with van der Waals surface area (Å²) < 4.78 is 13.3. The lowest BCUT2D eigenvalue weighted by Crippen LogP contribution is -2.33. The van der Waals surface area contributed by atoms with E-state index in [4.69, 9.17) is 14.8 Å². The van der Waals surface area contributed by atoms with Crippen LogP contribution in [0.3, 0.4) is 0 Å². The molecule has 0 aliphatic rings. The first kappa shape index (κ1) is 30.6. The van der Waals surface area contributed by atoms with Crippen molar-refractivity contribution in [2.24, 2.45) is 0 Å². The zero-order valence-corrected chi connectivity index (χ0v) is 16.8. The Labute approximate surface area is 151 Å². The Morgan fingerprint density at radius 2 is 1.64 bits per heavy atom.